The molecule has 0 saturated carbocycles. The van der Waals surface area contributed by atoms with Crippen molar-refractivity contribution in [2.75, 3.05) is 6.54 Å². The molecule has 1 unspecified atom stereocenters. The number of fused-ring (bicyclic) bond motifs is 1. The molecule has 4 rings (SSSR count). The lowest BCUT2D eigenvalue weighted by Crippen LogP contribution is -2.52. The van der Waals surface area contributed by atoms with Gasteiger partial charge in [-0.15, -0.1) is 0 Å². The summed E-state index contributed by atoms with van der Waals surface area (Å²) >= 11 is 3.47. The van der Waals surface area contributed by atoms with E-state index < -0.39 is 16.1 Å². The third kappa shape index (κ3) is 5.11. The minimum absolute atomic E-state index is 0.176. The van der Waals surface area contributed by atoms with Gasteiger partial charge in [-0.1, -0.05) is 70.0 Å². The second-order valence-corrected chi connectivity index (χ2v) is 11.7. The van der Waals surface area contributed by atoms with Gasteiger partial charge in [0.05, 0.1) is 4.90 Å². The van der Waals surface area contributed by atoms with E-state index in [0.29, 0.717) is 35.4 Å². The zero-order valence-electron chi connectivity index (χ0n) is 19.6. The standard InChI is InChI=1S/C27H29BrN2O3S/c1-18-13-19(2)26(20(3)14-18)34(32,33)30-17-23-9-5-4-8-22(23)16-25(30)27(31)29-12-11-21-7-6-10-24(28)15-21/h4-10,13-15,25H,11-12,16-17H2,1-3H3,(H,29,31). The maximum Gasteiger partial charge on any atom is 0.244 e. The third-order valence-electron chi connectivity index (χ3n) is 6.28. The van der Waals surface area contributed by atoms with Crippen molar-refractivity contribution < 1.29 is 13.2 Å². The van der Waals surface area contributed by atoms with Gasteiger partial charge < -0.3 is 5.32 Å². The molecule has 0 fully saturated rings. The minimum atomic E-state index is -3.89. The van der Waals surface area contributed by atoms with Gasteiger partial charge >= 0.3 is 0 Å². The van der Waals surface area contributed by atoms with Crippen LogP contribution in [-0.4, -0.2) is 31.2 Å². The fraction of sp³-hybridized carbons (Fsp3) is 0.296. The predicted molar refractivity (Wildman–Crippen MR) is 138 cm³/mol. The first-order valence-corrected chi connectivity index (χ1v) is 13.6. The Bertz CT molecular complexity index is 1310. The SMILES string of the molecule is Cc1cc(C)c(S(=O)(=O)N2Cc3ccccc3CC2C(=O)NCCc2cccc(Br)c2)c(C)c1. The normalized spacial score (nSPS) is 16.2. The van der Waals surface area contributed by atoms with Crippen molar-refractivity contribution in [2.45, 2.75) is 51.1 Å². The van der Waals surface area contributed by atoms with Crippen molar-refractivity contribution in [2.24, 2.45) is 0 Å². The molecular weight excluding hydrogens is 512 g/mol. The molecule has 0 aromatic heterocycles. The highest BCUT2D eigenvalue weighted by Crippen LogP contribution is 2.32. The number of carbonyl (C=O) groups is 1. The molecule has 1 N–H and O–H groups in total. The van der Waals surface area contributed by atoms with Crippen molar-refractivity contribution >= 4 is 31.9 Å². The monoisotopic (exact) mass is 540 g/mol. The van der Waals surface area contributed by atoms with Crippen LogP contribution in [-0.2, 0) is 34.2 Å². The highest BCUT2D eigenvalue weighted by Gasteiger charge is 2.40. The lowest BCUT2D eigenvalue weighted by atomic mass is 9.95. The number of sulfonamides is 1. The van der Waals surface area contributed by atoms with Gasteiger partial charge in [-0.05, 0) is 73.6 Å². The van der Waals surface area contributed by atoms with Crippen molar-refractivity contribution in [3.63, 3.8) is 0 Å². The van der Waals surface area contributed by atoms with Crippen LogP contribution in [0.15, 0.2) is 70.0 Å². The first-order valence-electron chi connectivity index (χ1n) is 11.4. The molecule has 7 heteroatoms. The fourth-order valence-electron chi connectivity index (χ4n) is 4.81. The summed E-state index contributed by atoms with van der Waals surface area (Å²) in [7, 11) is -3.89. The molecule has 0 saturated heterocycles. The third-order valence-corrected chi connectivity index (χ3v) is 8.94. The predicted octanol–water partition coefficient (Wildman–Crippen LogP) is 4.85. The van der Waals surface area contributed by atoms with Gasteiger partial charge in [0.1, 0.15) is 6.04 Å². The van der Waals surface area contributed by atoms with Gasteiger partial charge in [0.25, 0.3) is 0 Å². The Kier molecular flexibility index (Phi) is 7.26. The summed E-state index contributed by atoms with van der Waals surface area (Å²) in [4.78, 5) is 13.6. The molecule has 178 valence electrons. The molecule has 0 radical (unpaired) electrons. The van der Waals surface area contributed by atoms with Gasteiger partial charge in [-0.3, -0.25) is 4.79 Å². The number of hydrogen-bond donors (Lipinski definition) is 1. The van der Waals surface area contributed by atoms with Crippen LogP contribution in [0.2, 0.25) is 0 Å². The van der Waals surface area contributed by atoms with Crippen LogP contribution in [0.4, 0.5) is 0 Å². The minimum Gasteiger partial charge on any atom is -0.354 e. The van der Waals surface area contributed by atoms with Gasteiger partial charge in [0, 0.05) is 17.6 Å². The van der Waals surface area contributed by atoms with Crippen LogP contribution < -0.4 is 5.32 Å². The van der Waals surface area contributed by atoms with Crippen molar-refractivity contribution in [1.82, 2.24) is 9.62 Å². The Labute approximate surface area is 210 Å². The van der Waals surface area contributed by atoms with Gasteiger partial charge in [-0.25, -0.2) is 8.42 Å². The van der Waals surface area contributed by atoms with Gasteiger partial charge in [0.2, 0.25) is 15.9 Å². The molecule has 1 aliphatic rings. The lowest BCUT2D eigenvalue weighted by molar-refractivity contribution is -0.125. The number of benzene rings is 3. The summed E-state index contributed by atoms with van der Waals surface area (Å²) in [6.07, 6.45) is 1.01. The summed E-state index contributed by atoms with van der Waals surface area (Å²) < 4.78 is 30.2. The van der Waals surface area contributed by atoms with E-state index in [-0.39, 0.29) is 12.5 Å². The van der Waals surface area contributed by atoms with Gasteiger partial charge in [-0.2, -0.15) is 4.31 Å². The lowest BCUT2D eigenvalue weighted by Gasteiger charge is -2.35. The number of nitrogens with one attached hydrogen (secondary N) is 1. The van der Waals surface area contributed by atoms with E-state index in [1.165, 1.54) is 4.31 Å². The number of nitrogens with zero attached hydrogens (tertiary/aromatic N) is 1. The number of halogens is 1. The molecule has 5 nitrogen and oxygen atoms in total. The Hall–Kier alpha value is -2.48. The number of amides is 1. The molecular formula is C27H29BrN2O3S. The van der Waals surface area contributed by atoms with E-state index in [4.69, 9.17) is 0 Å². The molecule has 0 aliphatic carbocycles. The first-order chi connectivity index (χ1) is 16.2. The van der Waals surface area contributed by atoms with Crippen molar-refractivity contribution in [3.05, 3.63) is 98.5 Å². The number of aryl methyl sites for hydroxylation is 3. The zero-order valence-corrected chi connectivity index (χ0v) is 22.0. The van der Waals surface area contributed by atoms with E-state index >= 15 is 0 Å². The summed E-state index contributed by atoms with van der Waals surface area (Å²) in [5.41, 5.74) is 5.46. The average molecular weight is 542 g/mol. The zero-order chi connectivity index (χ0) is 24.5. The molecule has 3 aromatic rings. The molecule has 1 amide bonds. The number of carbonyl (C=O) groups excluding carboxylic acids is 1. The molecule has 3 aromatic carbocycles. The molecule has 1 aliphatic heterocycles. The van der Waals surface area contributed by atoms with Crippen LogP contribution in [0.1, 0.15) is 33.4 Å². The van der Waals surface area contributed by atoms with Crippen LogP contribution in [0.25, 0.3) is 0 Å². The molecule has 34 heavy (non-hydrogen) atoms. The van der Waals surface area contributed by atoms with E-state index in [1.807, 2.05) is 81.4 Å². The summed E-state index contributed by atoms with van der Waals surface area (Å²) in [6, 6.07) is 18.6. The van der Waals surface area contributed by atoms with E-state index in [2.05, 4.69) is 21.2 Å². The first kappa shape index (κ1) is 24.6. The highest BCUT2D eigenvalue weighted by atomic mass is 79.9. The van der Waals surface area contributed by atoms with E-state index in [0.717, 1.165) is 26.7 Å². The second-order valence-electron chi connectivity index (χ2n) is 8.94. The molecule has 1 heterocycles. The summed E-state index contributed by atoms with van der Waals surface area (Å²) in [5.74, 6) is -0.268. The quantitative estimate of drug-likeness (QED) is 0.486. The molecule has 1 atom stereocenters. The number of hydrogen-bond acceptors (Lipinski definition) is 3. The van der Waals surface area contributed by atoms with Crippen LogP contribution >= 0.6 is 15.9 Å². The highest BCUT2D eigenvalue weighted by molar-refractivity contribution is 9.10. The topological polar surface area (TPSA) is 66.5 Å². The molecule has 0 spiro atoms. The number of rotatable bonds is 6. The van der Waals surface area contributed by atoms with E-state index in [9.17, 15) is 13.2 Å². The maximum atomic E-state index is 13.9. The van der Waals surface area contributed by atoms with Crippen molar-refractivity contribution in [1.29, 1.82) is 0 Å². The second kappa shape index (κ2) is 10.0. The smallest absolute Gasteiger partial charge is 0.244 e. The average Bonchev–Trinajstić information content (AvgIpc) is 2.77. The Morgan fingerprint density at radius 2 is 1.68 bits per heavy atom. The van der Waals surface area contributed by atoms with E-state index in [1.54, 1.807) is 0 Å². The maximum absolute atomic E-state index is 13.9. The Morgan fingerprint density at radius 3 is 2.35 bits per heavy atom. The van der Waals surface area contributed by atoms with Gasteiger partial charge in [0.15, 0.2) is 0 Å². The Morgan fingerprint density at radius 1 is 1.00 bits per heavy atom. The van der Waals surface area contributed by atoms with Crippen LogP contribution in [0, 0.1) is 20.8 Å². The largest absolute Gasteiger partial charge is 0.354 e. The Balaban J connectivity index is 1.63. The van der Waals surface area contributed by atoms with Crippen LogP contribution in [0.5, 0.6) is 0 Å². The van der Waals surface area contributed by atoms with Crippen molar-refractivity contribution in [3.8, 4) is 0 Å². The van der Waals surface area contributed by atoms with Crippen LogP contribution in [0.3, 0.4) is 0 Å². The summed E-state index contributed by atoms with van der Waals surface area (Å²) in [6.45, 7) is 6.20. The summed E-state index contributed by atoms with van der Waals surface area (Å²) in [5, 5.41) is 2.98. The molecule has 0 bridgehead atoms. The fourth-order valence-corrected chi connectivity index (χ4v) is 7.23.